The molecular weight excluding hydrogens is 280 g/mol. The minimum absolute atomic E-state index is 0.467. The van der Waals surface area contributed by atoms with E-state index in [4.69, 9.17) is 4.98 Å². The number of allylic oxidation sites excluding steroid dienone is 1. The highest BCUT2D eigenvalue weighted by Crippen LogP contribution is 2.53. The molecule has 2 aliphatic rings. The fraction of sp³-hybridized carbons (Fsp3) is 0.190. The monoisotopic (exact) mass is 298 g/mol. The van der Waals surface area contributed by atoms with Gasteiger partial charge >= 0.3 is 0 Å². The Hall–Kier alpha value is -2.61. The normalized spacial score (nSPS) is 21.7. The second-order valence-electron chi connectivity index (χ2n) is 6.63. The first-order valence-electron chi connectivity index (χ1n) is 8.22. The zero-order chi connectivity index (χ0) is 15.4. The molecule has 23 heavy (non-hydrogen) atoms. The molecule has 3 aromatic rings. The smallest absolute Gasteiger partial charge is 0.117 e. The van der Waals surface area contributed by atoms with Crippen LogP contribution in [0, 0.1) is 0 Å². The predicted octanol–water partition coefficient (Wildman–Crippen LogP) is 5.07. The molecule has 0 bridgehead atoms. The fourth-order valence-electron chi connectivity index (χ4n) is 4.29. The third-order valence-corrected chi connectivity index (χ3v) is 5.27. The van der Waals surface area contributed by atoms with Crippen molar-refractivity contribution in [3.8, 4) is 16.9 Å². The summed E-state index contributed by atoms with van der Waals surface area (Å²) in [6.45, 7) is 4.25. The lowest BCUT2D eigenvalue weighted by Crippen LogP contribution is -2.19. The lowest BCUT2D eigenvalue weighted by Gasteiger charge is -2.30. The molecule has 1 aromatic heterocycles. The number of hydrogen-bond acceptors (Lipinski definition) is 1. The molecule has 0 N–H and O–H groups in total. The molecule has 2 aromatic carbocycles. The third-order valence-electron chi connectivity index (χ3n) is 5.27. The van der Waals surface area contributed by atoms with E-state index in [2.05, 4.69) is 65.7 Å². The van der Waals surface area contributed by atoms with E-state index >= 15 is 0 Å². The minimum Gasteiger partial charge on any atom is -0.296 e. The summed E-state index contributed by atoms with van der Waals surface area (Å²) >= 11 is 0. The summed E-state index contributed by atoms with van der Waals surface area (Å²) in [5.41, 5.74) is 6.49. The van der Waals surface area contributed by atoms with Crippen LogP contribution in [0.1, 0.15) is 36.1 Å². The molecule has 2 heteroatoms. The molecule has 1 aliphatic carbocycles. The second-order valence-corrected chi connectivity index (χ2v) is 6.63. The van der Waals surface area contributed by atoms with Crippen LogP contribution < -0.4 is 0 Å². The molecule has 0 saturated heterocycles. The van der Waals surface area contributed by atoms with E-state index in [1.54, 1.807) is 0 Å². The zero-order valence-corrected chi connectivity index (χ0v) is 12.9. The van der Waals surface area contributed by atoms with Gasteiger partial charge in [0.1, 0.15) is 5.82 Å². The lowest BCUT2D eigenvalue weighted by atomic mass is 9.84. The van der Waals surface area contributed by atoms with Crippen LogP contribution in [0.25, 0.3) is 16.9 Å². The fourth-order valence-corrected chi connectivity index (χ4v) is 4.29. The van der Waals surface area contributed by atoms with E-state index in [0.29, 0.717) is 11.8 Å². The first-order chi connectivity index (χ1) is 11.3. The van der Waals surface area contributed by atoms with E-state index < -0.39 is 0 Å². The van der Waals surface area contributed by atoms with Gasteiger partial charge < -0.3 is 0 Å². The molecule has 2 heterocycles. The van der Waals surface area contributed by atoms with E-state index in [9.17, 15) is 0 Å². The van der Waals surface area contributed by atoms with Crippen molar-refractivity contribution in [1.82, 2.24) is 9.55 Å². The summed E-state index contributed by atoms with van der Waals surface area (Å²) in [4.78, 5) is 4.83. The molecule has 112 valence electrons. The Bertz CT molecular complexity index is 905. The summed E-state index contributed by atoms with van der Waals surface area (Å²) in [5.74, 6) is 2.21. The Balaban J connectivity index is 1.79. The van der Waals surface area contributed by atoms with Crippen molar-refractivity contribution in [3.63, 3.8) is 0 Å². The van der Waals surface area contributed by atoms with Crippen LogP contribution in [0.5, 0.6) is 0 Å². The van der Waals surface area contributed by atoms with Gasteiger partial charge in [-0.3, -0.25) is 4.57 Å². The average molecular weight is 298 g/mol. The molecule has 1 aliphatic heterocycles. The van der Waals surface area contributed by atoms with Gasteiger partial charge in [-0.25, -0.2) is 4.98 Å². The lowest BCUT2D eigenvalue weighted by molar-refractivity contribution is 0.555. The summed E-state index contributed by atoms with van der Waals surface area (Å²) in [5, 5.41) is 0. The van der Waals surface area contributed by atoms with Crippen molar-refractivity contribution in [2.75, 3.05) is 0 Å². The van der Waals surface area contributed by atoms with Crippen molar-refractivity contribution >= 4 is 0 Å². The zero-order valence-electron chi connectivity index (χ0n) is 12.9. The van der Waals surface area contributed by atoms with Crippen molar-refractivity contribution in [3.05, 3.63) is 84.3 Å². The summed E-state index contributed by atoms with van der Waals surface area (Å²) in [6, 6.07) is 19.3. The van der Waals surface area contributed by atoms with Gasteiger partial charge in [-0.05, 0) is 30.4 Å². The highest BCUT2D eigenvalue weighted by Gasteiger charge is 2.40. The molecule has 0 amide bonds. The first-order valence-corrected chi connectivity index (χ1v) is 8.22. The maximum atomic E-state index is 4.83. The maximum absolute atomic E-state index is 4.83. The molecule has 1 saturated carbocycles. The van der Waals surface area contributed by atoms with Gasteiger partial charge in [0.15, 0.2) is 0 Å². The van der Waals surface area contributed by atoms with Crippen molar-refractivity contribution < 1.29 is 0 Å². The number of benzene rings is 2. The molecule has 2 unspecified atom stereocenters. The largest absolute Gasteiger partial charge is 0.296 e. The average Bonchev–Trinajstić information content (AvgIpc) is 3.19. The molecule has 2 atom stereocenters. The Morgan fingerprint density at radius 1 is 0.913 bits per heavy atom. The number of imidazole rings is 1. The van der Waals surface area contributed by atoms with Crippen LogP contribution in [0.2, 0.25) is 0 Å². The van der Waals surface area contributed by atoms with Crippen LogP contribution in [-0.2, 0) is 0 Å². The Morgan fingerprint density at radius 2 is 1.65 bits per heavy atom. The van der Waals surface area contributed by atoms with Gasteiger partial charge in [0.25, 0.3) is 0 Å². The summed E-state index contributed by atoms with van der Waals surface area (Å²) in [7, 11) is 0. The Kier molecular flexibility index (Phi) is 2.63. The minimum atomic E-state index is 0.467. The number of para-hydroxylation sites is 1. The highest BCUT2D eigenvalue weighted by molar-refractivity contribution is 5.65. The predicted molar refractivity (Wildman–Crippen MR) is 92.9 cm³/mol. The van der Waals surface area contributed by atoms with Crippen LogP contribution >= 0.6 is 0 Å². The molecule has 0 radical (unpaired) electrons. The standard InChI is InChI=1S/C21H18N2/c1-14-11-17-16-9-5-6-10-19(16)23-20(15-7-3-2-4-8-15)13-22-21(23)18(17)12-14/h2-10,13,17-18H,1,11-12H2. The number of fused-ring (bicyclic) bond motifs is 6. The maximum Gasteiger partial charge on any atom is 0.117 e. The topological polar surface area (TPSA) is 17.8 Å². The van der Waals surface area contributed by atoms with Crippen LogP contribution in [0.15, 0.2) is 72.9 Å². The highest BCUT2D eigenvalue weighted by atomic mass is 15.1. The van der Waals surface area contributed by atoms with Gasteiger partial charge in [0.2, 0.25) is 0 Å². The van der Waals surface area contributed by atoms with Gasteiger partial charge in [0, 0.05) is 11.5 Å². The number of rotatable bonds is 1. The van der Waals surface area contributed by atoms with Gasteiger partial charge in [-0.1, -0.05) is 60.7 Å². The van der Waals surface area contributed by atoms with Crippen molar-refractivity contribution in [2.24, 2.45) is 0 Å². The van der Waals surface area contributed by atoms with E-state index in [0.717, 1.165) is 12.8 Å². The number of hydrogen-bond donors (Lipinski definition) is 0. The van der Waals surface area contributed by atoms with E-state index in [1.165, 1.54) is 33.9 Å². The molecule has 0 spiro atoms. The number of aromatic nitrogens is 2. The SMILES string of the molecule is C=C1CC2c3ccccc3-n3c(-c4ccccc4)cnc3C2C1. The summed E-state index contributed by atoms with van der Waals surface area (Å²) < 4.78 is 2.37. The third kappa shape index (κ3) is 1.78. The van der Waals surface area contributed by atoms with E-state index in [1.807, 2.05) is 6.20 Å². The van der Waals surface area contributed by atoms with Crippen molar-refractivity contribution in [1.29, 1.82) is 0 Å². The van der Waals surface area contributed by atoms with Crippen LogP contribution in [0.4, 0.5) is 0 Å². The Morgan fingerprint density at radius 3 is 2.52 bits per heavy atom. The molecule has 2 nitrogen and oxygen atoms in total. The van der Waals surface area contributed by atoms with Gasteiger partial charge in [-0.15, -0.1) is 0 Å². The van der Waals surface area contributed by atoms with Crippen LogP contribution in [-0.4, -0.2) is 9.55 Å². The molecular formula is C21H18N2. The summed E-state index contributed by atoms with van der Waals surface area (Å²) in [6.07, 6.45) is 4.18. The number of nitrogens with zero attached hydrogens (tertiary/aromatic N) is 2. The first kappa shape index (κ1) is 12.9. The quantitative estimate of drug-likeness (QED) is 0.573. The van der Waals surface area contributed by atoms with Crippen molar-refractivity contribution in [2.45, 2.75) is 24.7 Å². The van der Waals surface area contributed by atoms with Crippen LogP contribution in [0.3, 0.4) is 0 Å². The Labute approximate surface area is 136 Å². The second kappa shape index (κ2) is 4.69. The van der Waals surface area contributed by atoms with E-state index in [-0.39, 0.29) is 0 Å². The van der Waals surface area contributed by atoms with Gasteiger partial charge in [-0.2, -0.15) is 0 Å². The molecule has 5 rings (SSSR count). The molecule has 1 fully saturated rings. The van der Waals surface area contributed by atoms with Gasteiger partial charge in [0.05, 0.1) is 17.6 Å².